The van der Waals surface area contributed by atoms with Crippen LogP contribution in [0.15, 0.2) is 53.9 Å². The van der Waals surface area contributed by atoms with E-state index >= 15 is 0 Å². The van der Waals surface area contributed by atoms with Crippen LogP contribution in [0.4, 0.5) is 5.82 Å². The number of amides is 1. The van der Waals surface area contributed by atoms with E-state index in [4.69, 9.17) is 16.3 Å². The van der Waals surface area contributed by atoms with Gasteiger partial charge in [0.2, 0.25) is 0 Å². The lowest BCUT2D eigenvalue weighted by molar-refractivity contribution is -0.133. The normalized spacial score (nSPS) is 14.2. The molecule has 1 fully saturated rings. The van der Waals surface area contributed by atoms with Crippen molar-refractivity contribution in [2.45, 2.75) is 0 Å². The summed E-state index contributed by atoms with van der Waals surface area (Å²) >= 11 is 7.58. The summed E-state index contributed by atoms with van der Waals surface area (Å²) in [6, 6.07) is 15.1. The zero-order valence-electron chi connectivity index (χ0n) is 15.1. The number of rotatable bonds is 5. The largest absolute Gasteiger partial charge is 0.484 e. The second kappa shape index (κ2) is 8.58. The van der Waals surface area contributed by atoms with Crippen molar-refractivity contribution in [2.75, 3.05) is 37.7 Å². The second-order valence-corrected chi connectivity index (χ2v) is 7.75. The van der Waals surface area contributed by atoms with Crippen LogP contribution >= 0.6 is 22.9 Å². The third-order valence-electron chi connectivity index (χ3n) is 4.54. The zero-order valence-corrected chi connectivity index (χ0v) is 16.7. The molecule has 0 N–H and O–H groups in total. The van der Waals surface area contributed by atoms with Crippen LogP contribution < -0.4 is 9.64 Å². The van der Waals surface area contributed by atoms with Crippen LogP contribution in [0.25, 0.3) is 10.6 Å². The molecular weight excluding hydrogens is 396 g/mol. The predicted molar refractivity (Wildman–Crippen MR) is 111 cm³/mol. The van der Waals surface area contributed by atoms with E-state index in [1.807, 2.05) is 34.5 Å². The molecule has 2 aromatic heterocycles. The van der Waals surface area contributed by atoms with Gasteiger partial charge in [0, 0.05) is 31.2 Å². The van der Waals surface area contributed by atoms with E-state index < -0.39 is 0 Å². The molecule has 28 heavy (non-hydrogen) atoms. The van der Waals surface area contributed by atoms with Gasteiger partial charge in [-0.2, -0.15) is 0 Å². The summed E-state index contributed by atoms with van der Waals surface area (Å²) in [7, 11) is 0. The van der Waals surface area contributed by atoms with Crippen molar-refractivity contribution < 1.29 is 9.53 Å². The van der Waals surface area contributed by atoms with Crippen molar-refractivity contribution >= 4 is 34.7 Å². The van der Waals surface area contributed by atoms with Gasteiger partial charge < -0.3 is 14.5 Å². The predicted octanol–water partition coefficient (Wildman–Crippen LogP) is 3.59. The van der Waals surface area contributed by atoms with Gasteiger partial charge in [-0.25, -0.2) is 0 Å². The average molecular weight is 415 g/mol. The first kappa shape index (κ1) is 18.7. The summed E-state index contributed by atoms with van der Waals surface area (Å²) in [5, 5.41) is 11.3. The average Bonchev–Trinajstić information content (AvgIpc) is 3.27. The van der Waals surface area contributed by atoms with E-state index in [0.29, 0.717) is 23.9 Å². The number of nitrogens with zero attached hydrogens (tertiary/aromatic N) is 4. The van der Waals surface area contributed by atoms with Crippen molar-refractivity contribution in [3.63, 3.8) is 0 Å². The third kappa shape index (κ3) is 4.43. The van der Waals surface area contributed by atoms with Crippen molar-refractivity contribution in [3.05, 3.63) is 58.9 Å². The van der Waals surface area contributed by atoms with Crippen molar-refractivity contribution in [1.82, 2.24) is 15.1 Å². The highest BCUT2D eigenvalue weighted by atomic mass is 35.5. The lowest BCUT2D eigenvalue weighted by Crippen LogP contribution is -2.50. The minimum atomic E-state index is -0.0289. The lowest BCUT2D eigenvalue weighted by Gasteiger charge is -2.35. The van der Waals surface area contributed by atoms with Crippen LogP contribution in [0.3, 0.4) is 0 Å². The van der Waals surface area contributed by atoms with Gasteiger partial charge >= 0.3 is 0 Å². The molecule has 0 saturated carbocycles. The lowest BCUT2D eigenvalue weighted by atomic mass is 10.3. The molecule has 0 unspecified atom stereocenters. The number of hydrogen-bond donors (Lipinski definition) is 0. The van der Waals surface area contributed by atoms with Crippen LogP contribution in [0.1, 0.15) is 0 Å². The Hall–Kier alpha value is -2.64. The maximum absolute atomic E-state index is 12.4. The summed E-state index contributed by atoms with van der Waals surface area (Å²) in [6.07, 6.45) is 0. The Kier molecular flexibility index (Phi) is 5.73. The molecule has 1 amide bonds. The fourth-order valence-electron chi connectivity index (χ4n) is 3.03. The van der Waals surface area contributed by atoms with Crippen LogP contribution in [0, 0.1) is 0 Å². The summed E-state index contributed by atoms with van der Waals surface area (Å²) in [4.78, 5) is 17.5. The quantitative estimate of drug-likeness (QED) is 0.638. The molecule has 6 nitrogen and oxygen atoms in total. The van der Waals surface area contributed by atoms with Crippen LogP contribution in [-0.4, -0.2) is 53.8 Å². The topological polar surface area (TPSA) is 58.6 Å². The zero-order chi connectivity index (χ0) is 19.3. The van der Waals surface area contributed by atoms with Gasteiger partial charge in [-0.3, -0.25) is 4.79 Å². The molecule has 1 aliphatic rings. The first-order chi connectivity index (χ1) is 13.7. The van der Waals surface area contributed by atoms with Gasteiger partial charge in [-0.05, 0) is 41.8 Å². The highest BCUT2D eigenvalue weighted by molar-refractivity contribution is 7.13. The second-order valence-electron chi connectivity index (χ2n) is 6.37. The standard InChI is InChI=1S/C20H19ClN4O2S/c21-15-3-1-4-16(13-15)27-14-20(26)25-10-8-24(9-11-25)19-7-6-17(22-23-19)18-5-2-12-28-18/h1-7,12-13H,8-11,14H2. The molecule has 3 heterocycles. The number of benzene rings is 1. The number of anilines is 1. The smallest absolute Gasteiger partial charge is 0.260 e. The number of aromatic nitrogens is 2. The molecule has 0 bridgehead atoms. The fraction of sp³-hybridized carbons (Fsp3) is 0.250. The molecule has 144 valence electrons. The van der Waals surface area contributed by atoms with E-state index in [-0.39, 0.29) is 12.5 Å². The van der Waals surface area contributed by atoms with E-state index in [9.17, 15) is 4.79 Å². The minimum absolute atomic E-state index is 0.00958. The molecule has 4 rings (SSSR count). The summed E-state index contributed by atoms with van der Waals surface area (Å²) in [5.74, 6) is 1.40. The molecule has 3 aromatic rings. The molecule has 8 heteroatoms. The first-order valence-electron chi connectivity index (χ1n) is 8.98. The highest BCUT2D eigenvalue weighted by Crippen LogP contribution is 2.23. The molecular formula is C20H19ClN4O2S. The van der Waals surface area contributed by atoms with E-state index in [0.717, 1.165) is 29.5 Å². The number of carbonyl (C=O) groups is 1. The number of piperazine rings is 1. The molecule has 1 saturated heterocycles. The highest BCUT2D eigenvalue weighted by Gasteiger charge is 2.22. The SMILES string of the molecule is O=C(COc1cccc(Cl)c1)N1CCN(c2ccc(-c3cccs3)nn2)CC1. The van der Waals surface area contributed by atoms with Crippen molar-refractivity contribution in [2.24, 2.45) is 0 Å². The van der Waals surface area contributed by atoms with Gasteiger partial charge in [0.1, 0.15) is 11.4 Å². The summed E-state index contributed by atoms with van der Waals surface area (Å²) < 4.78 is 5.55. The maximum Gasteiger partial charge on any atom is 0.260 e. The molecule has 0 radical (unpaired) electrons. The van der Waals surface area contributed by atoms with Gasteiger partial charge in [-0.15, -0.1) is 21.5 Å². The monoisotopic (exact) mass is 414 g/mol. The number of ether oxygens (including phenoxy) is 1. The van der Waals surface area contributed by atoms with Gasteiger partial charge in [0.25, 0.3) is 5.91 Å². The van der Waals surface area contributed by atoms with Crippen molar-refractivity contribution in [3.8, 4) is 16.3 Å². The fourth-order valence-corrected chi connectivity index (χ4v) is 3.90. The third-order valence-corrected chi connectivity index (χ3v) is 5.67. The Morgan fingerprint density at radius 2 is 1.93 bits per heavy atom. The number of hydrogen-bond acceptors (Lipinski definition) is 6. The van der Waals surface area contributed by atoms with Crippen LogP contribution in [0.5, 0.6) is 5.75 Å². The molecule has 0 aliphatic carbocycles. The molecule has 0 atom stereocenters. The molecule has 1 aliphatic heterocycles. The summed E-state index contributed by atoms with van der Waals surface area (Å²) in [6.45, 7) is 2.71. The van der Waals surface area contributed by atoms with Gasteiger partial charge in [0.15, 0.2) is 12.4 Å². The molecule has 0 spiro atoms. The summed E-state index contributed by atoms with van der Waals surface area (Å²) in [5.41, 5.74) is 0.880. The first-order valence-corrected chi connectivity index (χ1v) is 10.2. The van der Waals surface area contributed by atoms with E-state index in [1.54, 1.807) is 35.6 Å². The Bertz CT molecular complexity index is 926. The van der Waals surface area contributed by atoms with Crippen LogP contribution in [0.2, 0.25) is 5.02 Å². The maximum atomic E-state index is 12.4. The number of thiophene rings is 1. The number of carbonyl (C=O) groups excluding carboxylic acids is 1. The van der Waals surface area contributed by atoms with Crippen molar-refractivity contribution in [1.29, 1.82) is 0 Å². The minimum Gasteiger partial charge on any atom is -0.484 e. The van der Waals surface area contributed by atoms with E-state index in [2.05, 4.69) is 15.1 Å². The Balaban J connectivity index is 1.28. The van der Waals surface area contributed by atoms with E-state index in [1.165, 1.54) is 0 Å². The van der Waals surface area contributed by atoms with Gasteiger partial charge in [0.05, 0.1) is 4.88 Å². The Morgan fingerprint density at radius 1 is 1.07 bits per heavy atom. The number of halogens is 1. The Labute approximate surface area is 172 Å². The molecule has 1 aromatic carbocycles. The van der Waals surface area contributed by atoms with Gasteiger partial charge in [-0.1, -0.05) is 23.7 Å². The van der Waals surface area contributed by atoms with Crippen LogP contribution in [-0.2, 0) is 4.79 Å². The Morgan fingerprint density at radius 3 is 2.61 bits per heavy atom.